The van der Waals surface area contributed by atoms with Crippen molar-refractivity contribution in [3.8, 4) is 22.3 Å². The molecule has 68 heavy (non-hydrogen) atoms. The number of nitrogens with one attached hydrogen (secondary N) is 2. The molecule has 0 bridgehead atoms. The van der Waals surface area contributed by atoms with Gasteiger partial charge in [0, 0.05) is 51.4 Å². The van der Waals surface area contributed by atoms with Crippen LogP contribution in [0.3, 0.4) is 0 Å². The summed E-state index contributed by atoms with van der Waals surface area (Å²) in [7, 11) is 1.54. The van der Waals surface area contributed by atoms with Gasteiger partial charge in [-0.05, 0) is 124 Å². The van der Waals surface area contributed by atoms with E-state index in [2.05, 4.69) is 21.7 Å². The number of hydrogen-bond acceptors (Lipinski definition) is 12. The average molecular weight is 968 g/mol. The summed E-state index contributed by atoms with van der Waals surface area (Å²) in [5.41, 5.74) is 4.68. The first kappa shape index (κ1) is 51.9. The molecule has 1 aromatic heterocycles. The predicted octanol–water partition coefficient (Wildman–Crippen LogP) is 7.25. The molecular weight excluding hydrogens is 903 g/mol. The van der Waals surface area contributed by atoms with Crippen LogP contribution in [0.1, 0.15) is 84.4 Å². The molecule has 2 fully saturated rings. The lowest BCUT2D eigenvalue weighted by molar-refractivity contribution is -0.144. The van der Waals surface area contributed by atoms with E-state index in [9.17, 15) is 24.4 Å². The van der Waals surface area contributed by atoms with E-state index in [1.54, 1.807) is 34.5 Å². The van der Waals surface area contributed by atoms with Crippen molar-refractivity contribution < 1.29 is 38.1 Å². The fraction of sp³-hybridized carbons (Fsp3) is 0.510. The minimum atomic E-state index is -0.937. The normalized spacial score (nSPS) is 19.5. The van der Waals surface area contributed by atoms with Crippen LogP contribution in [0.15, 0.2) is 78.0 Å². The quantitative estimate of drug-likeness (QED) is 0.0764. The van der Waals surface area contributed by atoms with Gasteiger partial charge >= 0.3 is 0 Å². The van der Waals surface area contributed by atoms with Crippen LogP contribution < -0.4 is 20.3 Å². The van der Waals surface area contributed by atoms with Crippen molar-refractivity contribution in [3.63, 3.8) is 0 Å². The number of nitriles is 1. The number of likely N-dealkylation sites (tertiary alicyclic amines) is 1. The highest BCUT2D eigenvalue weighted by molar-refractivity contribution is 7.80. The van der Waals surface area contributed by atoms with E-state index in [-0.39, 0.29) is 30.2 Å². The molecule has 3 heterocycles. The number of rotatable bonds is 22. The molecule has 1 aliphatic carbocycles. The van der Waals surface area contributed by atoms with E-state index < -0.39 is 35.1 Å². The van der Waals surface area contributed by atoms with Gasteiger partial charge in [0.2, 0.25) is 17.7 Å². The first-order chi connectivity index (χ1) is 32.5. The lowest BCUT2D eigenvalue weighted by atomic mass is 9.85. The minimum Gasteiger partial charge on any atom is -0.494 e. The molecule has 6 rings (SSSR count). The van der Waals surface area contributed by atoms with E-state index in [1.165, 1.54) is 12.0 Å². The number of thiocarbonyl (C=S) groups is 1. The Labute approximate surface area is 409 Å². The van der Waals surface area contributed by atoms with Gasteiger partial charge in [0.15, 0.2) is 5.11 Å². The van der Waals surface area contributed by atoms with Crippen molar-refractivity contribution in [2.24, 2.45) is 11.3 Å². The maximum absolute atomic E-state index is 13.9. The predicted molar refractivity (Wildman–Crippen MR) is 265 cm³/mol. The largest absolute Gasteiger partial charge is 0.494 e. The number of ether oxygens (including phenoxy) is 4. The Morgan fingerprint density at radius 1 is 1.00 bits per heavy atom. The molecule has 15 nitrogen and oxygen atoms in total. The summed E-state index contributed by atoms with van der Waals surface area (Å²) >= 11 is 7.42. The highest BCUT2D eigenvalue weighted by Crippen LogP contribution is 2.38. The molecular formula is C51H65N7O8S2. The van der Waals surface area contributed by atoms with Crippen LogP contribution in [0.4, 0.5) is 5.69 Å². The average Bonchev–Trinajstić information content (AvgIpc) is 4.03. The number of nitrogens with zero attached hydrogens (tertiary/aromatic N) is 5. The summed E-state index contributed by atoms with van der Waals surface area (Å²) in [6.45, 7) is 13.9. The first-order valence-electron chi connectivity index (χ1n) is 23.3. The molecule has 0 saturated carbocycles. The molecule has 4 amide bonds. The van der Waals surface area contributed by atoms with E-state index in [1.807, 2.05) is 100 Å². The summed E-state index contributed by atoms with van der Waals surface area (Å²) in [5.74, 6) is -0.762. The van der Waals surface area contributed by atoms with Gasteiger partial charge in [0.25, 0.3) is 5.91 Å². The first-order valence-corrected chi connectivity index (χ1v) is 24.6. The molecule has 4 atom stereocenters. The number of allylic oxidation sites excluding steroid dienone is 1. The molecule has 2 aromatic carbocycles. The molecule has 3 aliphatic rings. The Hall–Kier alpha value is -5.51. The maximum atomic E-state index is 13.9. The van der Waals surface area contributed by atoms with Gasteiger partial charge in [-0.2, -0.15) is 5.26 Å². The molecule has 364 valence electrons. The Balaban J connectivity index is 0.830. The number of unbranched alkanes of at least 4 members (excludes halogenated alkanes) is 2. The fourth-order valence-electron chi connectivity index (χ4n) is 8.45. The van der Waals surface area contributed by atoms with Crippen molar-refractivity contribution >= 4 is 58.0 Å². The highest BCUT2D eigenvalue weighted by atomic mass is 32.1. The van der Waals surface area contributed by atoms with Crippen LogP contribution >= 0.6 is 23.6 Å². The van der Waals surface area contributed by atoms with Crippen LogP contribution in [-0.4, -0.2) is 114 Å². The van der Waals surface area contributed by atoms with Crippen molar-refractivity contribution in [3.05, 3.63) is 89.2 Å². The van der Waals surface area contributed by atoms with E-state index in [0.29, 0.717) is 75.3 Å². The zero-order valence-corrected chi connectivity index (χ0v) is 41.9. The maximum Gasteiger partial charge on any atom is 0.259 e. The highest BCUT2D eigenvalue weighted by Gasteiger charge is 2.51. The van der Waals surface area contributed by atoms with Crippen LogP contribution in [0.2, 0.25) is 0 Å². The monoisotopic (exact) mass is 967 g/mol. The number of carbonyl (C=O) groups is 4. The Morgan fingerprint density at radius 3 is 2.38 bits per heavy atom. The Kier molecular flexibility index (Phi) is 18.1. The number of carbonyl (C=O) groups excluding carboxylic acids is 4. The van der Waals surface area contributed by atoms with Crippen molar-refractivity contribution in [2.75, 3.05) is 51.6 Å². The van der Waals surface area contributed by atoms with Gasteiger partial charge in [-0.25, -0.2) is 4.98 Å². The van der Waals surface area contributed by atoms with Gasteiger partial charge < -0.3 is 39.4 Å². The molecule has 2 N–H and O–H groups in total. The minimum absolute atomic E-state index is 0.170. The Bertz CT molecular complexity index is 2350. The van der Waals surface area contributed by atoms with Gasteiger partial charge in [0.1, 0.15) is 30.0 Å². The molecule has 2 aliphatic heterocycles. The van der Waals surface area contributed by atoms with Gasteiger partial charge in [-0.1, -0.05) is 51.1 Å². The summed E-state index contributed by atoms with van der Waals surface area (Å²) in [4.78, 5) is 64.3. The van der Waals surface area contributed by atoms with E-state index in [4.69, 9.17) is 31.2 Å². The number of thiazole rings is 1. The third-order valence-corrected chi connectivity index (χ3v) is 13.6. The second-order valence-electron chi connectivity index (χ2n) is 18.8. The SMILES string of the molecule is COC1C=C(N2C(=O)C(C)(C)N(c3ccc(OCCCCCOCCCOCC(=O)N[C@H](C(=O)N4CCCC4C(=O)NCc4ccc(-c5scnc5C)cc4)C(C)(C)C)cc3)C2=S)C=CC1C#N. The third kappa shape index (κ3) is 12.8. The summed E-state index contributed by atoms with van der Waals surface area (Å²) in [5, 5.41) is 15.7. The van der Waals surface area contributed by atoms with Crippen molar-refractivity contribution in [1.82, 2.24) is 25.4 Å². The number of methoxy groups -OCH3 is 1. The molecule has 17 heteroatoms. The number of anilines is 1. The third-order valence-electron chi connectivity index (χ3n) is 12.3. The zero-order chi connectivity index (χ0) is 49.0. The van der Waals surface area contributed by atoms with Crippen LogP contribution in [-0.2, 0) is 39.9 Å². The summed E-state index contributed by atoms with van der Waals surface area (Å²) in [6.07, 6.45) is 9.29. The number of amides is 4. The number of aryl methyl sites for hydroxylation is 1. The zero-order valence-electron chi connectivity index (χ0n) is 40.2. The molecule has 3 unspecified atom stereocenters. The number of aromatic nitrogens is 1. The Morgan fingerprint density at radius 2 is 1.71 bits per heavy atom. The molecule has 0 radical (unpaired) electrons. The number of benzene rings is 2. The summed E-state index contributed by atoms with van der Waals surface area (Å²) < 4.78 is 22.9. The second kappa shape index (κ2) is 23.7. The van der Waals surface area contributed by atoms with Crippen LogP contribution in [0.25, 0.3) is 10.4 Å². The van der Waals surface area contributed by atoms with Crippen molar-refractivity contribution in [1.29, 1.82) is 5.26 Å². The van der Waals surface area contributed by atoms with Crippen molar-refractivity contribution in [2.45, 2.75) is 110 Å². The summed E-state index contributed by atoms with van der Waals surface area (Å²) in [6, 6.07) is 16.3. The lowest BCUT2D eigenvalue weighted by Crippen LogP contribution is -2.58. The van der Waals surface area contributed by atoms with E-state index in [0.717, 1.165) is 46.6 Å². The smallest absolute Gasteiger partial charge is 0.259 e. The van der Waals surface area contributed by atoms with Gasteiger partial charge in [0.05, 0.1) is 40.8 Å². The molecule has 2 saturated heterocycles. The fourth-order valence-corrected chi connectivity index (χ4v) is 9.78. The molecule has 3 aromatic rings. The second-order valence-corrected chi connectivity index (χ2v) is 20.0. The topological polar surface area (TPSA) is 176 Å². The van der Waals surface area contributed by atoms with Crippen LogP contribution in [0.5, 0.6) is 5.75 Å². The lowest BCUT2D eigenvalue weighted by Gasteiger charge is -2.35. The van der Waals surface area contributed by atoms with Crippen LogP contribution in [0, 0.1) is 29.6 Å². The molecule has 0 spiro atoms. The number of hydrogen-bond donors (Lipinski definition) is 2. The standard InChI is InChI=1S/C51H65N7O8S2/c1-34-44(68-33-54-34)36-16-14-35(15-17-36)31-53-46(60)41-13-11-24-56(41)47(61)45(50(2,3)4)55-43(59)32-65-27-12-26-64-25-9-8-10-28-66-40-22-20-38(21-23-40)58-49(67)57(48(62)51(58,5)6)39-19-18-37(30-52)42(29-39)63-7/h14-23,29,33,37,41-42,45H,8-13,24-28,31-32H2,1-7H3,(H,53,60)(H,55,59)/t37?,41?,42?,45-/m1/s1. The van der Waals surface area contributed by atoms with Gasteiger partial charge in [-0.3, -0.25) is 24.1 Å². The van der Waals surface area contributed by atoms with E-state index >= 15 is 0 Å². The van der Waals surface area contributed by atoms with Gasteiger partial charge in [-0.15, -0.1) is 11.3 Å².